The molecule has 0 spiro atoms. The van der Waals surface area contributed by atoms with Crippen LogP contribution in [0.15, 0.2) is 18.2 Å². The second-order valence-corrected chi connectivity index (χ2v) is 4.69. The number of hydrogen-bond donors (Lipinski definition) is 1. The quantitative estimate of drug-likeness (QED) is 0.777. The molecule has 112 valence electrons. The summed E-state index contributed by atoms with van der Waals surface area (Å²) in [6.07, 6.45) is 0.199. The van der Waals surface area contributed by atoms with Crippen LogP contribution in [0.25, 0.3) is 0 Å². The summed E-state index contributed by atoms with van der Waals surface area (Å²) in [5, 5.41) is 0. The van der Waals surface area contributed by atoms with E-state index in [2.05, 4.69) is 0 Å². The highest BCUT2D eigenvalue weighted by molar-refractivity contribution is 5.70. The van der Waals surface area contributed by atoms with Gasteiger partial charge in [-0.3, -0.25) is 4.79 Å². The lowest BCUT2D eigenvalue weighted by molar-refractivity contribution is -0.143. The van der Waals surface area contributed by atoms with Crippen molar-refractivity contribution in [2.75, 3.05) is 13.7 Å². The maximum Gasteiger partial charge on any atom is 0.307 e. The Bertz CT molecular complexity index is 445. The minimum absolute atomic E-state index is 0.0583. The second-order valence-electron chi connectivity index (χ2n) is 4.69. The molecule has 0 bridgehead atoms. The van der Waals surface area contributed by atoms with Gasteiger partial charge in [0.2, 0.25) is 0 Å². The van der Waals surface area contributed by atoms with Crippen LogP contribution in [0.4, 0.5) is 0 Å². The van der Waals surface area contributed by atoms with Crippen LogP contribution >= 0.6 is 0 Å². The number of benzene rings is 1. The SMILES string of the molecule is CCOC(=O)CC(N)c1ccc(OC(C)C)c(OC)c1. The lowest BCUT2D eigenvalue weighted by atomic mass is 10.0. The van der Waals surface area contributed by atoms with Gasteiger partial charge in [-0.2, -0.15) is 0 Å². The summed E-state index contributed by atoms with van der Waals surface area (Å²) >= 11 is 0. The van der Waals surface area contributed by atoms with Gasteiger partial charge in [-0.1, -0.05) is 6.07 Å². The Morgan fingerprint density at radius 2 is 2.00 bits per heavy atom. The van der Waals surface area contributed by atoms with Gasteiger partial charge in [-0.25, -0.2) is 0 Å². The van der Waals surface area contributed by atoms with Gasteiger partial charge in [0.25, 0.3) is 0 Å². The minimum Gasteiger partial charge on any atom is -0.493 e. The third-order valence-corrected chi connectivity index (χ3v) is 2.67. The van der Waals surface area contributed by atoms with E-state index < -0.39 is 6.04 Å². The van der Waals surface area contributed by atoms with E-state index in [1.54, 1.807) is 26.2 Å². The molecular weight excluding hydrogens is 258 g/mol. The van der Waals surface area contributed by atoms with Gasteiger partial charge in [-0.15, -0.1) is 0 Å². The molecule has 0 aromatic heterocycles. The molecule has 0 aliphatic heterocycles. The van der Waals surface area contributed by atoms with Crippen LogP contribution in [0, 0.1) is 0 Å². The van der Waals surface area contributed by atoms with Gasteiger partial charge in [0.1, 0.15) is 0 Å². The standard InChI is InChI=1S/C15H23NO4/c1-5-19-15(17)9-12(16)11-6-7-13(20-10(2)3)14(8-11)18-4/h6-8,10,12H,5,9,16H2,1-4H3. The molecule has 0 aliphatic rings. The largest absolute Gasteiger partial charge is 0.493 e. The number of hydrogen-bond acceptors (Lipinski definition) is 5. The maximum atomic E-state index is 11.4. The fraction of sp³-hybridized carbons (Fsp3) is 0.533. The zero-order chi connectivity index (χ0) is 15.1. The van der Waals surface area contributed by atoms with Gasteiger partial charge in [0, 0.05) is 6.04 Å². The lowest BCUT2D eigenvalue weighted by Crippen LogP contribution is -2.17. The third-order valence-electron chi connectivity index (χ3n) is 2.67. The predicted molar refractivity (Wildman–Crippen MR) is 76.9 cm³/mol. The van der Waals surface area contributed by atoms with Gasteiger partial charge in [0.05, 0.1) is 26.2 Å². The molecule has 0 aliphatic carbocycles. The van der Waals surface area contributed by atoms with E-state index in [1.165, 1.54) is 0 Å². The molecule has 0 radical (unpaired) electrons. The number of rotatable bonds is 7. The Morgan fingerprint density at radius 3 is 2.55 bits per heavy atom. The molecule has 1 aromatic carbocycles. The summed E-state index contributed by atoms with van der Waals surface area (Å²) < 4.78 is 15.8. The molecule has 0 amide bonds. The number of nitrogens with two attached hydrogens (primary N) is 1. The van der Waals surface area contributed by atoms with Crippen LogP contribution < -0.4 is 15.2 Å². The third kappa shape index (κ3) is 4.74. The highest BCUT2D eigenvalue weighted by Crippen LogP contribution is 2.31. The zero-order valence-electron chi connectivity index (χ0n) is 12.5. The molecule has 0 saturated carbocycles. The van der Waals surface area contributed by atoms with Crippen LogP contribution in [-0.4, -0.2) is 25.8 Å². The second kappa shape index (κ2) is 7.75. The first kappa shape index (κ1) is 16.3. The first-order chi connectivity index (χ1) is 9.47. The molecule has 5 nitrogen and oxygen atoms in total. The Labute approximate surface area is 120 Å². The zero-order valence-corrected chi connectivity index (χ0v) is 12.5. The molecule has 1 aromatic rings. The topological polar surface area (TPSA) is 70.8 Å². The number of carbonyl (C=O) groups is 1. The first-order valence-electron chi connectivity index (χ1n) is 6.73. The van der Waals surface area contributed by atoms with E-state index >= 15 is 0 Å². The van der Waals surface area contributed by atoms with Gasteiger partial charge in [-0.05, 0) is 38.5 Å². The van der Waals surface area contributed by atoms with Crippen molar-refractivity contribution >= 4 is 5.97 Å². The molecule has 1 unspecified atom stereocenters. The van der Waals surface area contributed by atoms with Crippen molar-refractivity contribution in [3.05, 3.63) is 23.8 Å². The van der Waals surface area contributed by atoms with Crippen molar-refractivity contribution < 1.29 is 19.0 Å². The van der Waals surface area contributed by atoms with Gasteiger partial charge < -0.3 is 19.9 Å². The smallest absolute Gasteiger partial charge is 0.307 e. The molecule has 0 saturated heterocycles. The summed E-state index contributed by atoms with van der Waals surface area (Å²) in [5.41, 5.74) is 6.82. The molecule has 0 heterocycles. The van der Waals surface area contributed by atoms with Crippen LogP contribution in [0.3, 0.4) is 0 Å². The van der Waals surface area contributed by atoms with Crippen molar-refractivity contribution in [1.29, 1.82) is 0 Å². The van der Waals surface area contributed by atoms with Crippen molar-refractivity contribution in [3.63, 3.8) is 0 Å². The fourth-order valence-corrected chi connectivity index (χ4v) is 1.78. The summed E-state index contributed by atoms with van der Waals surface area (Å²) in [6.45, 7) is 6.01. The number of ether oxygens (including phenoxy) is 3. The number of methoxy groups -OCH3 is 1. The average Bonchev–Trinajstić information content (AvgIpc) is 2.38. The molecular formula is C15H23NO4. The molecule has 0 fully saturated rings. The Balaban J connectivity index is 2.83. The van der Waals surface area contributed by atoms with Crippen LogP contribution in [0.5, 0.6) is 11.5 Å². The number of carbonyl (C=O) groups excluding carboxylic acids is 1. The molecule has 1 atom stereocenters. The number of esters is 1. The van der Waals surface area contributed by atoms with Gasteiger partial charge in [0.15, 0.2) is 11.5 Å². The van der Waals surface area contributed by atoms with Crippen molar-refractivity contribution in [3.8, 4) is 11.5 Å². The lowest BCUT2D eigenvalue weighted by Gasteiger charge is -2.17. The summed E-state index contributed by atoms with van der Waals surface area (Å²) in [7, 11) is 1.57. The first-order valence-corrected chi connectivity index (χ1v) is 6.73. The van der Waals surface area contributed by atoms with E-state index in [9.17, 15) is 4.79 Å². The van der Waals surface area contributed by atoms with Crippen LogP contribution in [-0.2, 0) is 9.53 Å². The molecule has 20 heavy (non-hydrogen) atoms. The van der Waals surface area contributed by atoms with E-state index in [4.69, 9.17) is 19.9 Å². The average molecular weight is 281 g/mol. The summed E-state index contributed by atoms with van der Waals surface area (Å²) in [4.78, 5) is 11.4. The Hall–Kier alpha value is -1.75. The van der Waals surface area contributed by atoms with Crippen LogP contribution in [0.1, 0.15) is 38.8 Å². The highest BCUT2D eigenvalue weighted by Gasteiger charge is 2.15. The van der Waals surface area contributed by atoms with E-state index in [0.717, 1.165) is 5.56 Å². The Kier molecular flexibility index (Phi) is 6.31. The van der Waals surface area contributed by atoms with Crippen molar-refractivity contribution in [1.82, 2.24) is 0 Å². The van der Waals surface area contributed by atoms with Crippen molar-refractivity contribution in [2.45, 2.75) is 39.3 Å². The molecule has 2 N–H and O–H groups in total. The molecule has 1 rings (SSSR count). The van der Waals surface area contributed by atoms with E-state index in [0.29, 0.717) is 18.1 Å². The maximum absolute atomic E-state index is 11.4. The van der Waals surface area contributed by atoms with Crippen molar-refractivity contribution in [2.24, 2.45) is 5.73 Å². The minimum atomic E-state index is -0.420. The molecule has 5 heteroatoms. The van der Waals surface area contributed by atoms with Gasteiger partial charge >= 0.3 is 5.97 Å². The monoisotopic (exact) mass is 281 g/mol. The summed E-state index contributed by atoms with van der Waals surface area (Å²) in [5.74, 6) is 0.964. The van der Waals surface area contributed by atoms with Crippen LogP contribution in [0.2, 0.25) is 0 Å². The fourth-order valence-electron chi connectivity index (χ4n) is 1.78. The van der Waals surface area contributed by atoms with E-state index in [-0.39, 0.29) is 18.5 Å². The predicted octanol–water partition coefficient (Wildman–Crippen LogP) is 2.44. The normalized spacial score (nSPS) is 12.1. The highest BCUT2D eigenvalue weighted by atomic mass is 16.5. The Morgan fingerprint density at radius 1 is 1.30 bits per heavy atom. The van der Waals surface area contributed by atoms with E-state index in [1.807, 2.05) is 19.9 Å². The summed E-state index contributed by atoms with van der Waals surface area (Å²) in [6, 6.07) is 5.02.